The van der Waals surface area contributed by atoms with E-state index in [1.165, 1.54) is 7.11 Å². The first-order chi connectivity index (χ1) is 12.0. The molecule has 25 heavy (non-hydrogen) atoms. The second-order valence-electron chi connectivity index (χ2n) is 5.70. The molecule has 0 aliphatic heterocycles. The summed E-state index contributed by atoms with van der Waals surface area (Å²) in [7, 11) is 3.46. The van der Waals surface area contributed by atoms with Crippen LogP contribution in [0.3, 0.4) is 0 Å². The van der Waals surface area contributed by atoms with Gasteiger partial charge in [-0.15, -0.1) is 0 Å². The molecule has 0 fully saturated rings. The number of nitriles is 1. The number of hydrogen-bond acceptors (Lipinski definition) is 4. The lowest BCUT2D eigenvalue weighted by Gasteiger charge is -2.15. The largest absolute Gasteiger partial charge is 0.496 e. The van der Waals surface area contributed by atoms with Gasteiger partial charge in [0, 0.05) is 18.2 Å². The van der Waals surface area contributed by atoms with Crippen LogP contribution in [0.5, 0.6) is 5.75 Å². The maximum absolute atomic E-state index is 12.6. The van der Waals surface area contributed by atoms with E-state index >= 15 is 0 Å². The topological polar surface area (TPSA) is 79.9 Å². The summed E-state index contributed by atoms with van der Waals surface area (Å²) in [6.45, 7) is 1.91. The number of carbonyl (C=O) groups excluding carboxylic acids is 1. The highest BCUT2D eigenvalue weighted by Crippen LogP contribution is 2.25. The molecular formula is C19H18N4O2. The van der Waals surface area contributed by atoms with E-state index in [0.717, 1.165) is 16.9 Å². The lowest BCUT2D eigenvalue weighted by molar-refractivity contribution is 0.0945. The van der Waals surface area contributed by atoms with Gasteiger partial charge in [0.25, 0.3) is 5.91 Å². The summed E-state index contributed by atoms with van der Waals surface area (Å²) in [4.78, 5) is 17.0. The first-order valence-corrected chi connectivity index (χ1v) is 7.81. The lowest BCUT2D eigenvalue weighted by Crippen LogP contribution is -2.27. The third-order valence-electron chi connectivity index (χ3n) is 4.22. The van der Waals surface area contributed by atoms with Crippen LogP contribution in [0.4, 0.5) is 0 Å². The summed E-state index contributed by atoms with van der Waals surface area (Å²) >= 11 is 0. The minimum atomic E-state index is -0.801. The molecule has 3 aromatic rings. The van der Waals surface area contributed by atoms with E-state index in [-0.39, 0.29) is 5.91 Å². The van der Waals surface area contributed by atoms with E-state index < -0.39 is 6.04 Å². The van der Waals surface area contributed by atoms with Gasteiger partial charge in [-0.3, -0.25) is 4.79 Å². The molecule has 1 N–H and O–H groups in total. The Labute approximate surface area is 145 Å². The summed E-state index contributed by atoms with van der Waals surface area (Å²) < 4.78 is 7.24. The number of fused-ring (bicyclic) bond motifs is 1. The summed E-state index contributed by atoms with van der Waals surface area (Å²) in [6.07, 6.45) is 0. The lowest BCUT2D eigenvalue weighted by atomic mass is 10.1. The summed E-state index contributed by atoms with van der Waals surface area (Å²) in [5.74, 6) is 1.10. The van der Waals surface area contributed by atoms with Gasteiger partial charge in [0.1, 0.15) is 17.6 Å². The normalized spacial score (nSPS) is 11.8. The van der Waals surface area contributed by atoms with Crippen molar-refractivity contribution in [2.45, 2.75) is 13.0 Å². The van der Waals surface area contributed by atoms with Crippen LogP contribution in [-0.4, -0.2) is 22.6 Å². The summed E-state index contributed by atoms with van der Waals surface area (Å²) in [5.41, 5.74) is 2.78. The number of imidazole rings is 1. The fourth-order valence-electron chi connectivity index (χ4n) is 2.76. The first kappa shape index (κ1) is 16.5. The Balaban J connectivity index is 1.89. The second kappa shape index (κ2) is 6.65. The molecule has 1 heterocycles. The van der Waals surface area contributed by atoms with Crippen LogP contribution < -0.4 is 10.1 Å². The number of methoxy groups -OCH3 is 1. The van der Waals surface area contributed by atoms with Crippen LogP contribution >= 0.6 is 0 Å². The van der Waals surface area contributed by atoms with Crippen molar-refractivity contribution in [1.29, 1.82) is 5.26 Å². The third kappa shape index (κ3) is 3.04. The van der Waals surface area contributed by atoms with E-state index in [1.54, 1.807) is 30.3 Å². The second-order valence-corrected chi connectivity index (χ2v) is 5.70. The smallest absolute Gasteiger partial charge is 0.252 e. The number of rotatable bonds is 4. The van der Waals surface area contributed by atoms with Crippen molar-refractivity contribution in [3.05, 3.63) is 59.4 Å². The Kier molecular flexibility index (Phi) is 4.40. The highest BCUT2D eigenvalue weighted by molar-refractivity contribution is 5.97. The molecule has 1 amide bonds. The Morgan fingerprint density at radius 3 is 2.80 bits per heavy atom. The van der Waals surface area contributed by atoms with Crippen LogP contribution in [0.25, 0.3) is 11.0 Å². The van der Waals surface area contributed by atoms with E-state index in [2.05, 4.69) is 16.4 Å². The van der Waals surface area contributed by atoms with Gasteiger partial charge in [-0.2, -0.15) is 5.26 Å². The van der Waals surface area contributed by atoms with Crippen molar-refractivity contribution >= 4 is 16.9 Å². The summed E-state index contributed by atoms with van der Waals surface area (Å²) in [6, 6.07) is 13.8. The average molecular weight is 334 g/mol. The fraction of sp³-hybridized carbons (Fsp3) is 0.211. The molecule has 2 aromatic carbocycles. The molecule has 0 unspecified atom stereocenters. The molecule has 0 aliphatic rings. The van der Waals surface area contributed by atoms with Crippen LogP contribution in [-0.2, 0) is 7.05 Å². The third-order valence-corrected chi connectivity index (χ3v) is 4.22. The fourth-order valence-corrected chi connectivity index (χ4v) is 2.76. The molecule has 0 aliphatic carbocycles. The van der Waals surface area contributed by atoms with Gasteiger partial charge in [-0.05, 0) is 31.2 Å². The Morgan fingerprint density at radius 2 is 2.08 bits per heavy atom. The van der Waals surface area contributed by atoms with Crippen LogP contribution in [0.1, 0.15) is 27.8 Å². The SMILES string of the molecule is COc1ccccc1[C@@H](C#N)NC(=O)c1ccc2c(c1)nc(C)n2C. The quantitative estimate of drug-likeness (QED) is 0.795. The van der Waals surface area contributed by atoms with Crippen molar-refractivity contribution in [3.8, 4) is 11.8 Å². The highest BCUT2D eigenvalue weighted by Gasteiger charge is 2.19. The predicted molar refractivity (Wildman–Crippen MR) is 94.3 cm³/mol. The highest BCUT2D eigenvalue weighted by atomic mass is 16.5. The number of aromatic nitrogens is 2. The average Bonchev–Trinajstić information content (AvgIpc) is 2.93. The molecular weight excluding hydrogens is 316 g/mol. The zero-order valence-electron chi connectivity index (χ0n) is 14.3. The van der Waals surface area contributed by atoms with Gasteiger partial charge in [0.05, 0.1) is 24.2 Å². The van der Waals surface area contributed by atoms with Gasteiger partial charge in [-0.25, -0.2) is 4.98 Å². The van der Waals surface area contributed by atoms with E-state index in [9.17, 15) is 10.1 Å². The molecule has 0 saturated heterocycles. The maximum Gasteiger partial charge on any atom is 0.252 e. The molecule has 6 nitrogen and oxygen atoms in total. The zero-order valence-corrected chi connectivity index (χ0v) is 14.3. The number of amides is 1. The van der Waals surface area contributed by atoms with Crippen LogP contribution in [0.15, 0.2) is 42.5 Å². The van der Waals surface area contributed by atoms with Crippen LogP contribution in [0.2, 0.25) is 0 Å². The molecule has 1 atom stereocenters. The Hall–Kier alpha value is -3.33. The van der Waals surface area contributed by atoms with Gasteiger partial charge in [0.15, 0.2) is 0 Å². The first-order valence-electron chi connectivity index (χ1n) is 7.81. The van der Waals surface area contributed by atoms with Gasteiger partial charge < -0.3 is 14.6 Å². The van der Waals surface area contributed by atoms with E-state index in [1.807, 2.05) is 30.7 Å². The molecule has 0 radical (unpaired) electrons. The monoisotopic (exact) mass is 334 g/mol. The van der Waals surface area contributed by atoms with Crippen molar-refractivity contribution in [3.63, 3.8) is 0 Å². The number of para-hydroxylation sites is 1. The molecule has 3 rings (SSSR count). The van der Waals surface area contributed by atoms with E-state index in [0.29, 0.717) is 16.9 Å². The van der Waals surface area contributed by atoms with Crippen LogP contribution in [0, 0.1) is 18.3 Å². The maximum atomic E-state index is 12.6. The zero-order chi connectivity index (χ0) is 18.0. The number of aryl methyl sites for hydroxylation is 2. The number of nitrogens with zero attached hydrogens (tertiary/aromatic N) is 3. The number of hydrogen-bond donors (Lipinski definition) is 1. The number of nitrogens with one attached hydrogen (secondary N) is 1. The van der Waals surface area contributed by atoms with Gasteiger partial charge in [-0.1, -0.05) is 18.2 Å². The van der Waals surface area contributed by atoms with Gasteiger partial charge in [0.2, 0.25) is 0 Å². The number of carbonyl (C=O) groups is 1. The minimum Gasteiger partial charge on any atom is -0.496 e. The van der Waals surface area contributed by atoms with E-state index in [4.69, 9.17) is 4.74 Å². The molecule has 0 spiro atoms. The minimum absolute atomic E-state index is 0.331. The van der Waals surface area contributed by atoms with Crippen molar-refractivity contribution < 1.29 is 9.53 Å². The Bertz CT molecular complexity index is 985. The predicted octanol–water partition coefficient (Wildman–Crippen LogP) is 2.89. The molecule has 6 heteroatoms. The summed E-state index contributed by atoms with van der Waals surface area (Å²) in [5, 5.41) is 12.2. The molecule has 0 saturated carbocycles. The van der Waals surface area contributed by atoms with Crippen molar-refractivity contribution in [2.75, 3.05) is 7.11 Å². The van der Waals surface area contributed by atoms with Crippen molar-refractivity contribution in [2.24, 2.45) is 7.05 Å². The standard InChI is InChI=1S/C19H18N4O2/c1-12-21-15-10-13(8-9-17(15)23(12)2)19(24)22-16(11-20)14-6-4-5-7-18(14)25-3/h4-10,16H,1-3H3,(H,22,24)/t16-/m1/s1. The molecule has 126 valence electrons. The van der Waals surface area contributed by atoms with Crippen molar-refractivity contribution in [1.82, 2.24) is 14.9 Å². The number of ether oxygens (including phenoxy) is 1. The Morgan fingerprint density at radius 1 is 1.32 bits per heavy atom. The van der Waals surface area contributed by atoms with Gasteiger partial charge >= 0.3 is 0 Å². The number of benzene rings is 2. The molecule has 1 aromatic heterocycles. The molecule has 0 bridgehead atoms.